The van der Waals surface area contributed by atoms with Crippen molar-refractivity contribution >= 4 is 11.1 Å². The average molecular weight is 581 g/mol. The van der Waals surface area contributed by atoms with Crippen LogP contribution in [0.5, 0.6) is 0 Å². The second kappa shape index (κ2) is 9.35. The average Bonchev–Trinajstić information content (AvgIpc) is 3.24. The van der Waals surface area contributed by atoms with Gasteiger partial charge in [-0.3, -0.25) is 14.3 Å². The molecule has 41 heavy (non-hydrogen) atoms. The lowest BCUT2D eigenvalue weighted by Crippen LogP contribution is -2.68. The van der Waals surface area contributed by atoms with Crippen LogP contribution in [0.15, 0.2) is 33.5 Å². The van der Waals surface area contributed by atoms with E-state index in [1.54, 1.807) is 13.0 Å². The van der Waals surface area contributed by atoms with Gasteiger partial charge in [0.05, 0.1) is 24.8 Å². The van der Waals surface area contributed by atoms with Gasteiger partial charge >= 0.3 is 5.76 Å². The zero-order valence-electron chi connectivity index (χ0n) is 22.6. The number of aliphatic hydroxyl groups excluding tert-OH is 1. The number of H-pyrrole nitrogens is 1. The number of benzene rings is 2. The number of oxazole rings is 1. The predicted molar refractivity (Wildman–Crippen MR) is 141 cm³/mol. The summed E-state index contributed by atoms with van der Waals surface area (Å²) in [4.78, 5) is 15.7. The first-order valence-corrected chi connectivity index (χ1v) is 13.7. The molecule has 7 nitrogen and oxygen atoms in total. The van der Waals surface area contributed by atoms with Crippen molar-refractivity contribution < 1.29 is 31.5 Å². The van der Waals surface area contributed by atoms with Crippen LogP contribution in [0, 0.1) is 17.0 Å². The molecule has 0 radical (unpaired) electrons. The second-order valence-corrected chi connectivity index (χ2v) is 12.7. The van der Waals surface area contributed by atoms with Gasteiger partial charge in [-0.1, -0.05) is 6.07 Å². The van der Waals surface area contributed by atoms with Crippen LogP contribution in [0.25, 0.3) is 11.1 Å². The highest BCUT2D eigenvalue weighted by atomic mass is 19.3. The van der Waals surface area contributed by atoms with E-state index in [2.05, 4.69) is 4.98 Å². The quantitative estimate of drug-likeness (QED) is 0.312. The number of hydrogen-bond acceptors (Lipinski definition) is 6. The highest BCUT2D eigenvalue weighted by Gasteiger charge is 2.63. The molecule has 3 aliphatic rings. The molecule has 2 aliphatic carbocycles. The summed E-state index contributed by atoms with van der Waals surface area (Å²) < 4.78 is 79.3. The Hall–Kier alpha value is -2.80. The van der Waals surface area contributed by atoms with Crippen LogP contribution in [-0.2, 0) is 12.0 Å². The first kappa shape index (κ1) is 28.3. The van der Waals surface area contributed by atoms with Gasteiger partial charge in [-0.05, 0) is 80.2 Å². The van der Waals surface area contributed by atoms with Crippen LogP contribution in [0.3, 0.4) is 0 Å². The second-order valence-electron chi connectivity index (χ2n) is 12.7. The molecule has 12 heteroatoms. The van der Waals surface area contributed by atoms with Crippen molar-refractivity contribution in [2.24, 2.45) is 16.9 Å². The van der Waals surface area contributed by atoms with Gasteiger partial charge in [0.25, 0.3) is 5.92 Å². The smallest absolute Gasteiger partial charge is 0.408 e. The molecule has 3 aromatic rings. The Kier molecular flexibility index (Phi) is 6.46. The van der Waals surface area contributed by atoms with Crippen LogP contribution in [-0.4, -0.2) is 52.3 Å². The maximum Gasteiger partial charge on any atom is 0.417 e. The van der Waals surface area contributed by atoms with Gasteiger partial charge in [-0.2, -0.15) is 0 Å². The molecule has 222 valence electrons. The summed E-state index contributed by atoms with van der Waals surface area (Å²) in [6.45, 7) is -1.26. The Morgan fingerprint density at radius 3 is 2.41 bits per heavy atom. The SMILES string of the molecule is C[C@@H]1Cc2c(ccc3[nH]c(=O)oc23)[C@@H](c2c(F)cc(C3(N)CC4(CC(N)(CCF)C4)C3)cc2F)N1CC(F)(F)CO. The number of alkyl halides is 3. The van der Waals surface area contributed by atoms with E-state index >= 15 is 8.78 Å². The number of rotatable bonds is 7. The summed E-state index contributed by atoms with van der Waals surface area (Å²) in [6, 6.07) is 3.44. The predicted octanol–water partition coefficient (Wildman–Crippen LogP) is 4.15. The van der Waals surface area contributed by atoms with Crippen LogP contribution < -0.4 is 17.2 Å². The lowest BCUT2D eigenvalue weighted by atomic mass is 9.42. The van der Waals surface area contributed by atoms with Crippen LogP contribution in [0.1, 0.15) is 67.3 Å². The topological polar surface area (TPSA) is 122 Å². The molecular formula is C29H33F5N4O3. The van der Waals surface area contributed by atoms with Crippen molar-refractivity contribution in [1.82, 2.24) is 9.88 Å². The van der Waals surface area contributed by atoms with E-state index in [4.69, 9.17) is 15.9 Å². The summed E-state index contributed by atoms with van der Waals surface area (Å²) in [6.07, 6.45) is 2.53. The van der Waals surface area contributed by atoms with Gasteiger partial charge < -0.3 is 21.0 Å². The molecule has 2 aromatic carbocycles. The van der Waals surface area contributed by atoms with Gasteiger partial charge in [0.1, 0.15) is 18.2 Å². The number of nitrogens with zero attached hydrogens (tertiary/aromatic N) is 1. The van der Waals surface area contributed by atoms with E-state index in [-0.39, 0.29) is 29.4 Å². The molecule has 0 unspecified atom stereocenters. The van der Waals surface area contributed by atoms with Crippen molar-refractivity contribution in [2.45, 2.75) is 74.5 Å². The summed E-state index contributed by atoms with van der Waals surface area (Å²) in [5.74, 6) is -6.12. The van der Waals surface area contributed by atoms with E-state index in [0.717, 1.165) is 12.1 Å². The van der Waals surface area contributed by atoms with Crippen LogP contribution >= 0.6 is 0 Å². The van der Waals surface area contributed by atoms with E-state index < -0.39 is 71.9 Å². The fourth-order valence-electron chi connectivity index (χ4n) is 7.96. The number of nitrogens with two attached hydrogens (primary N) is 2. The van der Waals surface area contributed by atoms with Gasteiger partial charge in [0.15, 0.2) is 5.58 Å². The molecule has 2 saturated carbocycles. The zero-order valence-corrected chi connectivity index (χ0v) is 22.6. The van der Waals surface area contributed by atoms with E-state index in [0.29, 0.717) is 42.3 Å². The normalized spacial score (nSPS) is 31.7. The van der Waals surface area contributed by atoms with Crippen molar-refractivity contribution in [1.29, 1.82) is 0 Å². The highest BCUT2D eigenvalue weighted by Crippen LogP contribution is 2.66. The fraction of sp³-hybridized carbons (Fsp3) is 0.552. The maximum atomic E-state index is 16.0. The number of nitrogens with one attached hydrogen (secondary N) is 1. The molecule has 1 aromatic heterocycles. The van der Waals surface area contributed by atoms with Crippen LogP contribution in [0.4, 0.5) is 22.0 Å². The molecule has 0 bridgehead atoms. The van der Waals surface area contributed by atoms with Gasteiger partial charge in [-0.25, -0.2) is 22.4 Å². The standard InChI is InChI=1S/C29H33F5N4O3/c1-15-6-18-17(2-3-21-24(18)41-25(40)37-21)23(38(15)13-29(33,34)14-39)22-19(31)7-16(8-20(22)32)28(36)11-26(12-28)9-27(35,10-26)4-5-30/h2-3,7-8,15,23,39H,4-6,9-14,35-36H2,1H3,(H,37,40)/t15-,23+,26?,27?,28?/m1/s1. The lowest BCUT2D eigenvalue weighted by Gasteiger charge is -2.66. The van der Waals surface area contributed by atoms with Gasteiger partial charge in [0.2, 0.25) is 0 Å². The van der Waals surface area contributed by atoms with Crippen LogP contribution in [0.2, 0.25) is 0 Å². The molecule has 2 atom stereocenters. The largest absolute Gasteiger partial charge is 0.417 e. The van der Waals surface area contributed by atoms with Gasteiger partial charge in [0, 0.05) is 28.2 Å². The molecule has 2 fully saturated rings. The summed E-state index contributed by atoms with van der Waals surface area (Å²) in [7, 11) is 0. The minimum absolute atomic E-state index is 0.172. The fourth-order valence-corrected chi connectivity index (χ4v) is 7.96. The third kappa shape index (κ3) is 4.59. The number of hydrogen-bond donors (Lipinski definition) is 4. The summed E-state index contributed by atoms with van der Waals surface area (Å²) >= 11 is 0. The number of aliphatic hydroxyl groups is 1. The first-order valence-electron chi connectivity index (χ1n) is 13.7. The van der Waals surface area contributed by atoms with E-state index in [9.17, 15) is 23.1 Å². The Bertz CT molecular complexity index is 1530. The minimum Gasteiger partial charge on any atom is -0.408 e. The van der Waals surface area contributed by atoms with Crippen molar-refractivity contribution in [3.63, 3.8) is 0 Å². The summed E-state index contributed by atoms with van der Waals surface area (Å²) in [5, 5.41) is 9.29. The third-order valence-corrected chi connectivity index (χ3v) is 9.42. The van der Waals surface area contributed by atoms with Crippen molar-refractivity contribution in [2.75, 3.05) is 19.8 Å². The Labute approximate surface area is 232 Å². The summed E-state index contributed by atoms with van der Waals surface area (Å²) in [5.41, 5.74) is 12.3. The number of halogens is 5. The third-order valence-electron chi connectivity index (χ3n) is 9.42. The minimum atomic E-state index is -3.54. The van der Waals surface area contributed by atoms with Crippen molar-refractivity contribution in [3.8, 4) is 0 Å². The molecule has 0 amide bonds. The maximum absolute atomic E-state index is 16.0. The lowest BCUT2D eigenvalue weighted by molar-refractivity contribution is -0.102. The van der Waals surface area contributed by atoms with Crippen molar-refractivity contribution in [3.05, 3.63) is 68.7 Å². The molecular weight excluding hydrogens is 547 g/mol. The highest BCUT2D eigenvalue weighted by molar-refractivity contribution is 5.78. The molecule has 1 spiro atoms. The Morgan fingerprint density at radius 2 is 1.80 bits per heavy atom. The number of aromatic nitrogens is 1. The molecule has 0 saturated heterocycles. The molecule has 2 heterocycles. The van der Waals surface area contributed by atoms with E-state index in [1.165, 1.54) is 11.0 Å². The molecule has 6 N–H and O–H groups in total. The van der Waals surface area contributed by atoms with Gasteiger partial charge in [-0.15, -0.1) is 0 Å². The Balaban J connectivity index is 1.39. The Morgan fingerprint density at radius 1 is 1.15 bits per heavy atom. The number of aromatic amines is 1. The number of fused-ring (bicyclic) bond motifs is 3. The molecule has 1 aliphatic heterocycles. The van der Waals surface area contributed by atoms with E-state index in [1.807, 2.05) is 0 Å². The monoisotopic (exact) mass is 580 g/mol. The zero-order chi connectivity index (χ0) is 29.5. The molecule has 6 rings (SSSR count). The first-order chi connectivity index (χ1) is 19.2.